The van der Waals surface area contributed by atoms with Gasteiger partial charge in [-0.1, -0.05) is 26.0 Å². The molecule has 1 aliphatic rings. The summed E-state index contributed by atoms with van der Waals surface area (Å²) >= 11 is 0. The van der Waals surface area contributed by atoms with Crippen LogP contribution in [0.1, 0.15) is 20.3 Å². The number of carbonyl (C=O) groups is 2. The molecule has 7 heteroatoms. The van der Waals surface area contributed by atoms with Crippen LogP contribution in [0.15, 0.2) is 24.3 Å². The Morgan fingerprint density at radius 1 is 1.40 bits per heavy atom. The highest BCUT2D eigenvalue weighted by Gasteiger charge is 2.38. The number of anilines is 1. The van der Waals surface area contributed by atoms with Gasteiger partial charge in [-0.2, -0.15) is 0 Å². The molecular weight excluding hydrogens is 342 g/mol. The minimum Gasteiger partial charge on any atom is -0.495 e. The first-order valence-electron chi connectivity index (χ1n) is 8.17. The van der Waals surface area contributed by atoms with Gasteiger partial charge >= 0.3 is 0 Å². The normalized spacial score (nSPS) is 17.2. The molecule has 1 aromatic rings. The molecule has 1 fully saturated rings. The largest absolute Gasteiger partial charge is 0.495 e. The third-order valence-corrected chi connectivity index (χ3v) is 4.44. The van der Waals surface area contributed by atoms with Gasteiger partial charge in [-0.15, -0.1) is 12.4 Å². The number of nitrogens with zero attached hydrogens (tertiary/aromatic N) is 2. The van der Waals surface area contributed by atoms with E-state index >= 15 is 0 Å². The summed E-state index contributed by atoms with van der Waals surface area (Å²) in [6.07, 6.45) is 0.226. The van der Waals surface area contributed by atoms with Gasteiger partial charge in [0.25, 0.3) is 0 Å². The summed E-state index contributed by atoms with van der Waals surface area (Å²) in [6.45, 7) is 5.50. The summed E-state index contributed by atoms with van der Waals surface area (Å²) in [5.74, 6) is 0.240. The molecule has 1 aliphatic heterocycles. The lowest BCUT2D eigenvalue weighted by atomic mass is 9.92. The Bertz CT molecular complexity index is 621. The zero-order valence-corrected chi connectivity index (χ0v) is 16.1. The lowest BCUT2D eigenvalue weighted by Gasteiger charge is -2.30. The third-order valence-electron chi connectivity index (χ3n) is 4.44. The minimum atomic E-state index is -0.332. The number of para-hydroxylation sites is 2. The molecule has 1 aromatic carbocycles. The molecule has 1 atom stereocenters. The molecule has 2 amide bonds. The number of ether oxygens (including phenoxy) is 1. The van der Waals surface area contributed by atoms with Crippen molar-refractivity contribution in [2.24, 2.45) is 17.1 Å². The Balaban J connectivity index is 0.00000312. The number of rotatable bonds is 6. The van der Waals surface area contributed by atoms with Crippen LogP contribution in [0.5, 0.6) is 5.75 Å². The molecule has 2 rings (SSSR count). The highest BCUT2D eigenvalue weighted by atomic mass is 35.5. The van der Waals surface area contributed by atoms with Gasteiger partial charge in [0.15, 0.2) is 0 Å². The van der Waals surface area contributed by atoms with Crippen LogP contribution in [0.2, 0.25) is 0 Å². The molecule has 0 spiro atoms. The maximum Gasteiger partial charge on any atom is 0.227 e. The summed E-state index contributed by atoms with van der Waals surface area (Å²) in [4.78, 5) is 28.4. The summed E-state index contributed by atoms with van der Waals surface area (Å²) in [5, 5.41) is 0. The summed E-state index contributed by atoms with van der Waals surface area (Å²) in [5.41, 5.74) is 6.32. The number of halogens is 1. The fraction of sp³-hybridized carbons (Fsp3) is 0.556. The van der Waals surface area contributed by atoms with Crippen molar-refractivity contribution >= 4 is 29.9 Å². The zero-order chi connectivity index (χ0) is 17.9. The van der Waals surface area contributed by atoms with E-state index < -0.39 is 0 Å². The first-order chi connectivity index (χ1) is 11.3. The first kappa shape index (κ1) is 21.3. The van der Waals surface area contributed by atoms with E-state index in [1.807, 2.05) is 38.1 Å². The van der Waals surface area contributed by atoms with Crippen molar-refractivity contribution in [3.63, 3.8) is 0 Å². The Morgan fingerprint density at radius 3 is 2.64 bits per heavy atom. The summed E-state index contributed by atoms with van der Waals surface area (Å²) < 4.78 is 5.33. The lowest BCUT2D eigenvalue weighted by molar-refractivity contribution is -0.135. The molecule has 2 N–H and O–H groups in total. The lowest BCUT2D eigenvalue weighted by Crippen LogP contribution is -2.42. The highest BCUT2D eigenvalue weighted by molar-refractivity contribution is 6.01. The molecule has 0 aromatic heterocycles. The Kier molecular flexibility index (Phi) is 7.26. The topological polar surface area (TPSA) is 75.9 Å². The van der Waals surface area contributed by atoms with Crippen molar-refractivity contribution in [2.75, 3.05) is 38.7 Å². The highest BCUT2D eigenvalue weighted by Crippen LogP contribution is 2.33. The van der Waals surface area contributed by atoms with Crippen molar-refractivity contribution in [2.45, 2.75) is 20.3 Å². The smallest absolute Gasteiger partial charge is 0.227 e. The van der Waals surface area contributed by atoms with Crippen molar-refractivity contribution in [3.8, 4) is 5.75 Å². The number of nitrogens with two attached hydrogens (primary N) is 1. The van der Waals surface area contributed by atoms with E-state index in [4.69, 9.17) is 10.5 Å². The second kappa shape index (κ2) is 8.54. The standard InChI is InChI=1S/C18H27N3O3.ClH/c1-18(2,11-19)12-20(3)17(23)13-9-16(22)21(10-13)14-7-5-6-8-15(14)24-4;/h5-8,13H,9-12,19H2,1-4H3;1H. The predicted octanol–water partition coefficient (Wildman–Crippen LogP) is 1.91. The summed E-state index contributed by atoms with van der Waals surface area (Å²) in [6, 6.07) is 7.36. The Hall–Kier alpha value is -1.79. The van der Waals surface area contributed by atoms with Crippen molar-refractivity contribution < 1.29 is 14.3 Å². The molecule has 1 unspecified atom stereocenters. The van der Waals surface area contributed by atoms with Crippen LogP contribution >= 0.6 is 12.4 Å². The predicted molar refractivity (Wildman–Crippen MR) is 101 cm³/mol. The Labute approximate surface area is 155 Å². The maximum atomic E-state index is 12.7. The molecule has 25 heavy (non-hydrogen) atoms. The number of hydrogen-bond acceptors (Lipinski definition) is 4. The van der Waals surface area contributed by atoms with E-state index in [9.17, 15) is 9.59 Å². The number of amides is 2. The Morgan fingerprint density at radius 2 is 2.04 bits per heavy atom. The molecule has 0 radical (unpaired) electrons. The number of carbonyl (C=O) groups excluding carboxylic acids is 2. The number of methoxy groups -OCH3 is 1. The molecular formula is C18H28ClN3O3. The molecule has 140 valence electrons. The van der Waals surface area contributed by atoms with Crippen LogP contribution in [0.4, 0.5) is 5.69 Å². The average molecular weight is 370 g/mol. The van der Waals surface area contributed by atoms with Gasteiger partial charge in [0.05, 0.1) is 18.7 Å². The third kappa shape index (κ3) is 4.86. The monoisotopic (exact) mass is 369 g/mol. The van der Waals surface area contributed by atoms with Crippen LogP contribution in [0.25, 0.3) is 0 Å². The zero-order valence-electron chi connectivity index (χ0n) is 15.3. The van der Waals surface area contributed by atoms with Crippen LogP contribution in [-0.2, 0) is 9.59 Å². The van der Waals surface area contributed by atoms with Gasteiger partial charge in [0.1, 0.15) is 5.75 Å². The summed E-state index contributed by atoms with van der Waals surface area (Å²) in [7, 11) is 3.35. The van der Waals surface area contributed by atoms with Gasteiger partial charge in [-0.05, 0) is 24.1 Å². The van der Waals surface area contributed by atoms with E-state index in [-0.39, 0.29) is 42.0 Å². The van der Waals surface area contributed by atoms with Crippen molar-refractivity contribution in [3.05, 3.63) is 24.3 Å². The molecule has 1 heterocycles. The quantitative estimate of drug-likeness (QED) is 0.831. The molecule has 0 saturated carbocycles. The van der Waals surface area contributed by atoms with Gasteiger partial charge in [0, 0.05) is 26.6 Å². The second-order valence-electron chi connectivity index (χ2n) is 7.14. The molecule has 6 nitrogen and oxygen atoms in total. The van der Waals surface area contributed by atoms with Gasteiger partial charge in [0.2, 0.25) is 11.8 Å². The average Bonchev–Trinajstić information content (AvgIpc) is 2.95. The fourth-order valence-electron chi connectivity index (χ4n) is 3.05. The van der Waals surface area contributed by atoms with Crippen LogP contribution in [0.3, 0.4) is 0 Å². The van der Waals surface area contributed by atoms with E-state index in [2.05, 4.69) is 0 Å². The van der Waals surface area contributed by atoms with E-state index in [0.29, 0.717) is 31.1 Å². The fourth-order valence-corrected chi connectivity index (χ4v) is 3.05. The minimum absolute atomic E-state index is 0. The van der Waals surface area contributed by atoms with Crippen molar-refractivity contribution in [1.82, 2.24) is 4.90 Å². The maximum absolute atomic E-state index is 12.7. The second-order valence-corrected chi connectivity index (χ2v) is 7.14. The first-order valence-corrected chi connectivity index (χ1v) is 8.17. The van der Waals surface area contributed by atoms with Crippen LogP contribution in [-0.4, -0.2) is 50.5 Å². The van der Waals surface area contributed by atoms with Crippen LogP contribution in [0, 0.1) is 11.3 Å². The van der Waals surface area contributed by atoms with Crippen LogP contribution < -0.4 is 15.4 Å². The van der Waals surface area contributed by atoms with E-state index in [0.717, 1.165) is 0 Å². The van der Waals surface area contributed by atoms with Crippen molar-refractivity contribution in [1.29, 1.82) is 0 Å². The van der Waals surface area contributed by atoms with Gasteiger partial charge in [-0.3, -0.25) is 9.59 Å². The molecule has 1 saturated heterocycles. The van der Waals surface area contributed by atoms with Gasteiger partial charge < -0.3 is 20.3 Å². The van der Waals surface area contributed by atoms with E-state index in [1.54, 1.807) is 24.0 Å². The van der Waals surface area contributed by atoms with E-state index in [1.165, 1.54) is 0 Å². The number of hydrogen-bond donors (Lipinski definition) is 1. The molecule has 0 aliphatic carbocycles. The van der Waals surface area contributed by atoms with Gasteiger partial charge in [-0.25, -0.2) is 0 Å². The molecule has 0 bridgehead atoms. The number of benzene rings is 1. The SMILES string of the molecule is COc1ccccc1N1CC(C(=O)N(C)CC(C)(C)CN)CC1=O.Cl.